The molecule has 0 fully saturated rings. The van der Waals surface area contributed by atoms with Gasteiger partial charge in [0.2, 0.25) is 7.37 Å². The Hall–Kier alpha value is -1.67. The topological polar surface area (TPSA) is 46.5 Å². The summed E-state index contributed by atoms with van der Waals surface area (Å²) in [6.07, 6.45) is 0. The fraction of sp³-hybridized carbons (Fsp3) is 0.455. The summed E-state index contributed by atoms with van der Waals surface area (Å²) in [6.45, 7) is 13.5. The molecule has 2 aromatic carbocycles. The van der Waals surface area contributed by atoms with Crippen molar-refractivity contribution in [3.63, 3.8) is 0 Å². The second-order valence-electron chi connectivity index (χ2n) is 9.03. The van der Waals surface area contributed by atoms with Crippen LogP contribution in [0.2, 0.25) is 0 Å². The number of phenolic OH excluding ortho intramolecular Hbond substituents is 1. The van der Waals surface area contributed by atoms with Crippen LogP contribution in [0, 0.1) is 5.41 Å². The summed E-state index contributed by atoms with van der Waals surface area (Å²) in [4.78, 5) is 0. The summed E-state index contributed by atoms with van der Waals surface area (Å²) in [7, 11) is 3.29. The molecule has 3 nitrogen and oxygen atoms in total. The van der Waals surface area contributed by atoms with Crippen molar-refractivity contribution in [2.45, 2.75) is 52.0 Å². The minimum atomic E-state index is -3.11. The Bertz CT molecular complexity index is 831. The molecule has 0 aromatic heterocycles. The summed E-state index contributed by atoms with van der Waals surface area (Å²) in [5, 5.41) is 8.55. The standard InChI is InChI=1S/C22H30BO3P/c1-20(2,3)22(6,23)27(7,25)26-19-14-10-17(11-15-19)21(4,5)16-8-12-18(24)13-9-16/h8-15,24H,1-7H3. The highest BCUT2D eigenvalue weighted by Crippen LogP contribution is 2.60. The van der Waals surface area contributed by atoms with Crippen molar-refractivity contribution < 1.29 is 14.2 Å². The molecule has 2 radical (unpaired) electrons. The molecule has 144 valence electrons. The van der Waals surface area contributed by atoms with Crippen molar-refractivity contribution in [2.75, 3.05) is 6.66 Å². The molecule has 0 heterocycles. The van der Waals surface area contributed by atoms with Gasteiger partial charge in [-0.05, 0) is 40.8 Å². The number of phenols is 1. The predicted molar refractivity (Wildman–Crippen MR) is 114 cm³/mol. The number of aromatic hydroxyl groups is 1. The van der Waals surface area contributed by atoms with E-state index in [1.165, 1.54) is 0 Å². The Morgan fingerprint density at radius 3 is 1.67 bits per heavy atom. The van der Waals surface area contributed by atoms with E-state index in [9.17, 15) is 9.67 Å². The maximum atomic E-state index is 13.2. The third-order valence-electron chi connectivity index (χ3n) is 5.81. The van der Waals surface area contributed by atoms with Gasteiger partial charge in [-0.2, -0.15) is 0 Å². The third-order valence-corrected chi connectivity index (χ3v) is 8.72. The first kappa shape index (κ1) is 21.6. The zero-order valence-corrected chi connectivity index (χ0v) is 18.3. The molecule has 0 spiro atoms. The molecule has 2 atom stereocenters. The van der Waals surface area contributed by atoms with E-state index < -0.39 is 12.4 Å². The highest BCUT2D eigenvalue weighted by Gasteiger charge is 2.46. The van der Waals surface area contributed by atoms with E-state index in [2.05, 4.69) is 13.8 Å². The minimum absolute atomic E-state index is 0.240. The Labute approximate surface area is 165 Å². The largest absolute Gasteiger partial charge is 0.508 e. The van der Waals surface area contributed by atoms with Crippen molar-refractivity contribution in [1.29, 1.82) is 0 Å². The van der Waals surface area contributed by atoms with E-state index in [1.54, 1.807) is 25.7 Å². The Kier molecular flexibility index (Phi) is 5.65. The maximum absolute atomic E-state index is 13.2. The number of benzene rings is 2. The van der Waals surface area contributed by atoms with Crippen LogP contribution in [-0.4, -0.2) is 24.7 Å². The average molecular weight is 384 g/mol. The van der Waals surface area contributed by atoms with Crippen molar-refractivity contribution >= 4 is 15.2 Å². The Morgan fingerprint density at radius 2 is 1.26 bits per heavy atom. The average Bonchev–Trinajstić information content (AvgIpc) is 2.54. The van der Waals surface area contributed by atoms with Crippen LogP contribution >= 0.6 is 7.37 Å². The summed E-state index contributed by atoms with van der Waals surface area (Å²) in [5.74, 6) is 0.799. The zero-order chi connectivity index (χ0) is 20.7. The summed E-state index contributed by atoms with van der Waals surface area (Å²) in [6, 6.07) is 14.9. The zero-order valence-electron chi connectivity index (χ0n) is 17.4. The summed E-state index contributed by atoms with van der Waals surface area (Å²) >= 11 is 0. The molecule has 2 rings (SSSR count). The van der Waals surface area contributed by atoms with Gasteiger partial charge in [-0.15, -0.1) is 0 Å². The van der Waals surface area contributed by atoms with Crippen LogP contribution in [0.3, 0.4) is 0 Å². The highest BCUT2D eigenvalue weighted by molar-refractivity contribution is 7.62. The van der Waals surface area contributed by atoms with Crippen LogP contribution in [0.5, 0.6) is 11.5 Å². The maximum Gasteiger partial charge on any atom is 0.242 e. The molecule has 0 amide bonds. The molecule has 0 aliphatic rings. The van der Waals surface area contributed by atoms with Crippen LogP contribution in [0.1, 0.15) is 52.7 Å². The molecule has 2 unspecified atom stereocenters. The van der Waals surface area contributed by atoms with Crippen molar-refractivity contribution in [3.05, 3.63) is 59.7 Å². The first-order valence-electron chi connectivity index (χ1n) is 9.15. The van der Waals surface area contributed by atoms with Gasteiger partial charge in [0.15, 0.2) is 0 Å². The normalized spacial score (nSPS) is 17.0. The number of hydrogen-bond donors (Lipinski definition) is 1. The fourth-order valence-electron chi connectivity index (χ4n) is 2.88. The van der Waals surface area contributed by atoms with Gasteiger partial charge in [-0.3, -0.25) is 4.57 Å². The third kappa shape index (κ3) is 4.27. The van der Waals surface area contributed by atoms with Crippen molar-refractivity contribution in [3.8, 4) is 11.5 Å². The lowest BCUT2D eigenvalue weighted by atomic mass is 9.68. The van der Waals surface area contributed by atoms with E-state index in [1.807, 2.05) is 57.2 Å². The second-order valence-corrected chi connectivity index (χ2v) is 11.8. The molecule has 1 N–H and O–H groups in total. The minimum Gasteiger partial charge on any atom is -0.508 e. The van der Waals surface area contributed by atoms with Gasteiger partial charge in [-0.1, -0.05) is 65.8 Å². The van der Waals surface area contributed by atoms with Gasteiger partial charge < -0.3 is 9.63 Å². The van der Waals surface area contributed by atoms with E-state index >= 15 is 0 Å². The van der Waals surface area contributed by atoms with E-state index in [4.69, 9.17) is 12.4 Å². The van der Waals surface area contributed by atoms with Crippen LogP contribution in [-0.2, 0) is 9.98 Å². The highest BCUT2D eigenvalue weighted by atomic mass is 31.2. The Balaban J connectivity index is 2.27. The van der Waals surface area contributed by atoms with E-state index in [0.29, 0.717) is 5.75 Å². The lowest BCUT2D eigenvalue weighted by molar-refractivity contribution is 0.336. The first-order valence-corrected chi connectivity index (χ1v) is 11.2. The van der Waals surface area contributed by atoms with Gasteiger partial charge >= 0.3 is 0 Å². The molecule has 0 saturated carbocycles. The first-order chi connectivity index (χ1) is 12.2. The van der Waals surface area contributed by atoms with Crippen molar-refractivity contribution in [1.82, 2.24) is 0 Å². The Morgan fingerprint density at radius 1 is 0.852 bits per heavy atom. The predicted octanol–water partition coefficient (Wildman–Crippen LogP) is 5.94. The van der Waals surface area contributed by atoms with Gasteiger partial charge in [0.25, 0.3) is 0 Å². The SMILES string of the molecule is [B]C(C)(C(C)(C)C)P(C)(=O)Oc1ccc(C(C)(C)c2ccc(O)cc2)cc1. The van der Waals surface area contributed by atoms with Crippen LogP contribution in [0.25, 0.3) is 0 Å². The summed E-state index contributed by atoms with van der Waals surface area (Å²) < 4.78 is 19.1. The molecule has 5 heteroatoms. The molecule has 0 saturated heterocycles. The van der Waals surface area contributed by atoms with Gasteiger partial charge in [-0.25, -0.2) is 0 Å². The monoisotopic (exact) mass is 384 g/mol. The molecular weight excluding hydrogens is 354 g/mol. The molecule has 27 heavy (non-hydrogen) atoms. The molecule has 0 bridgehead atoms. The lowest BCUT2D eigenvalue weighted by Crippen LogP contribution is -2.41. The van der Waals surface area contributed by atoms with Gasteiger partial charge in [0, 0.05) is 17.1 Å². The second kappa shape index (κ2) is 7.06. The van der Waals surface area contributed by atoms with Crippen LogP contribution in [0.4, 0.5) is 0 Å². The van der Waals surface area contributed by atoms with Gasteiger partial charge in [0.05, 0.1) is 7.85 Å². The van der Waals surface area contributed by atoms with Crippen LogP contribution in [0.15, 0.2) is 48.5 Å². The lowest BCUT2D eigenvalue weighted by Gasteiger charge is -2.43. The molecule has 2 aromatic rings. The van der Waals surface area contributed by atoms with E-state index in [0.717, 1.165) is 11.1 Å². The fourth-order valence-corrected chi connectivity index (χ4v) is 4.81. The molecule has 0 aliphatic heterocycles. The van der Waals surface area contributed by atoms with Crippen LogP contribution < -0.4 is 4.52 Å². The molecule has 0 aliphatic carbocycles. The van der Waals surface area contributed by atoms with E-state index in [-0.39, 0.29) is 16.6 Å². The summed E-state index contributed by atoms with van der Waals surface area (Å²) in [5.41, 5.74) is 1.59. The quantitative estimate of drug-likeness (QED) is 0.513. The number of hydrogen-bond acceptors (Lipinski definition) is 3. The number of rotatable bonds is 5. The van der Waals surface area contributed by atoms with Gasteiger partial charge in [0.1, 0.15) is 11.5 Å². The van der Waals surface area contributed by atoms with Crippen molar-refractivity contribution in [2.24, 2.45) is 5.41 Å². The molecular formula is C22H30BO3P. The smallest absolute Gasteiger partial charge is 0.242 e.